The van der Waals surface area contributed by atoms with E-state index in [0.717, 1.165) is 27.6 Å². The molecule has 1 heterocycles. The largest absolute Gasteiger partial charge is 0.497 e. The van der Waals surface area contributed by atoms with E-state index < -0.39 is 12.1 Å². The van der Waals surface area contributed by atoms with Crippen molar-refractivity contribution in [3.8, 4) is 5.75 Å². The summed E-state index contributed by atoms with van der Waals surface area (Å²) in [4.78, 5) is 17.1. The normalized spacial score (nSPS) is 18.7. The Kier molecular flexibility index (Phi) is 4.50. The molecular weight excluding hydrogens is 340 g/mol. The average molecular weight is 360 g/mol. The van der Waals surface area contributed by atoms with Gasteiger partial charge in [-0.1, -0.05) is 42.5 Å². The first-order chi connectivity index (χ1) is 13.2. The van der Waals surface area contributed by atoms with Gasteiger partial charge in [-0.2, -0.15) is 0 Å². The summed E-state index contributed by atoms with van der Waals surface area (Å²) in [6.45, 7) is 0. The molecule has 0 saturated carbocycles. The highest BCUT2D eigenvalue weighted by Crippen LogP contribution is 2.35. The molecule has 0 aromatic heterocycles. The summed E-state index contributed by atoms with van der Waals surface area (Å²) < 4.78 is 11.4. The van der Waals surface area contributed by atoms with Crippen molar-refractivity contribution >= 4 is 22.6 Å². The van der Waals surface area contributed by atoms with E-state index in [9.17, 15) is 4.79 Å². The number of likely N-dealkylation sites (N-methyl/N-ethyl adjacent to an activating group) is 1. The number of aliphatic imine (C=N–C) groups is 1. The number of methoxy groups -OCH3 is 1. The van der Waals surface area contributed by atoms with E-state index in [-0.39, 0.29) is 5.91 Å². The van der Waals surface area contributed by atoms with Gasteiger partial charge >= 0.3 is 0 Å². The number of carbonyl (C=O) groups is 1. The fraction of sp³-hybridized carbons (Fsp3) is 0.182. The zero-order chi connectivity index (χ0) is 18.8. The van der Waals surface area contributed by atoms with Crippen LogP contribution in [0.1, 0.15) is 17.2 Å². The van der Waals surface area contributed by atoms with Crippen LogP contribution in [0, 0.1) is 0 Å². The zero-order valence-electron chi connectivity index (χ0n) is 15.2. The first-order valence-corrected chi connectivity index (χ1v) is 8.79. The highest BCUT2D eigenvalue weighted by molar-refractivity contribution is 5.99. The van der Waals surface area contributed by atoms with Crippen molar-refractivity contribution in [2.75, 3.05) is 14.2 Å². The number of carbonyl (C=O) groups excluding carboxylic acids is 1. The van der Waals surface area contributed by atoms with E-state index in [1.54, 1.807) is 14.2 Å². The second kappa shape index (κ2) is 7.11. The van der Waals surface area contributed by atoms with Crippen LogP contribution in [0.5, 0.6) is 5.75 Å². The number of fused-ring (bicyclic) bond motifs is 1. The maximum absolute atomic E-state index is 12.5. The van der Waals surface area contributed by atoms with E-state index in [2.05, 4.69) is 10.3 Å². The standard InChI is InChI=1S/C22H20N2O3/c1-23-21(25)19-20(18-9-5-7-14-6-3-4-8-17(14)18)27-22(24-19)15-10-12-16(26-2)13-11-15/h3-13,19-20H,1-2H3,(H,23,25)/t19-,20-/m1/s1. The summed E-state index contributed by atoms with van der Waals surface area (Å²) in [6.07, 6.45) is -0.479. The Labute approximate surface area is 157 Å². The highest BCUT2D eigenvalue weighted by Gasteiger charge is 2.38. The smallest absolute Gasteiger partial charge is 0.248 e. The molecule has 0 bridgehead atoms. The van der Waals surface area contributed by atoms with Crippen LogP contribution in [-0.4, -0.2) is 32.0 Å². The lowest BCUT2D eigenvalue weighted by Crippen LogP contribution is -2.33. The van der Waals surface area contributed by atoms with Crippen molar-refractivity contribution in [1.82, 2.24) is 5.32 Å². The maximum Gasteiger partial charge on any atom is 0.248 e. The predicted octanol–water partition coefficient (Wildman–Crippen LogP) is 3.48. The third kappa shape index (κ3) is 3.12. The van der Waals surface area contributed by atoms with Crippen LogP contribution in [0.25, 0.3) is 10.8 Å². The molecule has 1 aliphatic rings. The Balaban J connectivity index is 1.75. The molecule has 5 nitrogen and oxygen atoms in total. The van der Waals surface area contributed by atoms with Gasteiger partial charge in [-0.3, -0.25) is 4.79 Å². The third-order valence-electron chi connectivity index (χ3n) is 4.76. The number of nitrogens with one attached hydrogen (secondary N) is 1. The fourth-order valence-corrected chi connectivity index (χ4v) is 3.36. The van der Waals surface area contributed by atoms with Gasteiger partial charge in [0, 0.05) is 18.2 Å². The summed E-state index contributed by atoms with van der Waals surface area (Å²) in [5.74, 6) is 1.05. The van der Waals surface area contributed by atoms with Crippen molar-refractivity contribution in [1.29, 1.82) is 0 Å². The molecule has 3 aromatic rings. The summed E-state index contributed by atoms with van der Waals surface area (Å²) in [5.41, 5.74) is 1.77. The van der Waals surface area contributed by atoms with Crippen LogP contribution in [0.3, 0.4) is 0 Å². The SMILES string of the molecule is CNC(=O)[C@@H]1N=C(c2ccc(OC)cc2)O[C@@H]1c1cccc2ccccc12. The van der Waals surface area contributed by atoms with E-state index >= 15 is 0 Å². The fourth-order valence-electron chi connectivity index (χ4n) is 3.36. The van der Waals surface area contributed by atoms with E-state index in [1.807, 2.05) is 66.7 Å². The van der Waals surface area contributed by atoms with Crippen LogP contribution in [0.15, 0.2) is 71.7 Å². The first-order valence-electron chi connectivity index (χ1n) is 8.79. The molecule has 0 unspecified atom stereocenters. The number of amides is 1. The molecule has 1 N–H and O–H groups in total. The van der Waals surface area contributed by atoms with Gasteiger partial charge in [-0.15, -0.1) is 0 Å². The number of ether oxygens (including phenoxy) is 2. The predicted molar refractivity (Wildman–Crippen MR) is 105 cm³/mol. The lowest BCUT2D eigenvalue weighted by atomic mass is 9.96. The van der Waals surface area contributed by atoms with Gasteiger partial charge < -0.3 is 14.8 Å². The minimum Gasteiger partial charge on any atom is -0.497 e. The molecule has 0 radical (unpaired) electrons. The molecular formula is C22H20N2O3. The number of hydrogen-bond acceptors (Lipinski definition) is 4. The number of hydrogen-bond donors (Lipinski definition) is 1. The number of nitrogens with zero attached hydrogens (tertiary/aromatic N) is 1. The van der Waals surface area contributed by atoms with Crippen LogP contribution >= 0.6 is 0 Å². The van der Waals surface area contributed by atoms with Gasteiger partial charge in [0.2, 0.25) is 11.8 Å². The molecule has 0 saturated heterocycles. The lowest BCUT2D eigenvalue weighted by Gasteiger charge is -2.19. The van der Waals surface area contributed by atoms with Crippen molar-refractivity contribution < 1.29 is 14.3 Å². The van der Waals surface area contributed by atoms with Gasteiger partial charge in [0.25, 0.3) is 0 Å². The van der Waals surface area contributed by atoms with Crippen molar-refractivity contribution in [2.24, 2.45) is 4.99 Å². The quantitative estimate of drug-likeness (QED) is 0.775. The molecule has 1 aliphatic heterocycles. The van der Waals surface area contributed by atoms with Crippen LogP contribution in [-0.2, 0) is 9.53 Å². The van der Waals surface area contributed by atoms with Gasteiger partial charge in [-0.25, -0.2) is 4.99 Å². The van der Waals surface area contributed by atoms with Gasteiger partial charge in [-0.05, 0) is 35.0 Å². The summed E-state index contributed by atoms with van der Waals surface area (Å²) >= 11 is 0. The van der Waals surface area contributed by atoms with Crippen molar-refractivity contribution in [3.63, 3.8) is 0 Å². The average Bonchev–Trinajstić information content (AvgIpc) is 3.18. The molecule has 0 fully saturated rings. The first kappa shape index (κ1) is 17.1. The number of rotatable bonds is 4. The van der Waals surface area contributed by atoms with Gasteiger partial charge in [0.1, 0.15) is 5.75 Å². The highest BCUT2D eigenvalue weighted by atomic mass is 16.5. The molecule has 0 aliphatic carbocycles. The zero-order valence-corrected chi connectivity index (χ0v) is 15.2. The van der Waals surface area contributed by atoms with Gasteiger partial charge in [0.05, 0.1) is 7.11 Å². The third-order valence-corrected chi connectivity index (χ3v) is 4.76. The monoisotopic (exact) mass is 360 g/mol. The Morgan fingerprint density at radius 3 is 2.52 bits per heavy atom. The Morgan fingerprint density at radius 2 is 1.78 bits per heavy atom. The van der Waals surface area contributed by atoms with E-state index in [1.165, 1.54) is 0 Å². The number of benzene rings is 3. The van der Waals surface area contributed by atoms with Crippen LogP contribution in [0.4, 0.5) is 0 Å². The maximum atomic E-state index is 12.5. The van der Waals surface area contributed by atoms with Crippen LogP contribution < -0.4 is 10.1 Å². The van der Waals surface area contributed by atoms with E-state index in [4.69, 9.17) is 9.47 Å². The Bertz CT molecular complexity index is 1010. The van der Waals surface area contributed by atoms with Crippen molar-refractivity contribution in [3.05, 3.63) is 77.9 Å². The topological polar surface area (TPSA) is 59.9 Å². The second-order valence-corrected chi connectivity index (χ2v) is 6.33. The summed E-state index contributed by atoms with van der Waals surface area (Å²) in [5, 5.41) is 4.86. The molecule has 1 amide bonds. The molecule has 2 atom stereocenters. The summed E-state index contributed by atoms with van der Waals surface area (Å²) in [7, 11) is 3.24. The Hall–Kier alpha value is -3.34. The molecule has 5 heteroatoms. The molecule has 27 heavy (non-hydrogen) atoms. The van der Waals surface area contributed by atoms with E-state index in [0.29, 0.717) is 5.90 Å². The van der Waals surface area contributed by atoms with Gasteiger partial charge in [0.15, 0.2) is 12.1 Å². The minimum absolute atomic E-state index is 0.170. The molecule has 3 aromatic carbocycles. The van der Waals surface area contributed by atoms with Crippen molar-refractivity contribution in [2.45, 2.75) is 12.1 Å². The lowest BCUT2D eigenvalue weighted by molar-refractivity contribution is -0.123. The Morgan fingerprint density at radius 1 is 1.04 bits per heavy atom. The summed E-state index contributed by atoms with van der Waals surface area (Å²) in [6, 6.07) is 20.9. The van der Waals surface area contributed by atoms with Crippen LogP contribution in [0.2, 0.25) is 0 Å². The minimum atomic E-state index is -0.641. The molecule has 136 valence electrons. The molecule has 0 spiro atoms. The second-order valence-electron chi connectivity index (χ2n) is 6.33. The molecule has 4 rings (SSSR count).